The van der Waals surface area contributed by atoms with E-state index in [-0.39, 0.29) is 0 Å². The minimum absolute atomic E-state index is 0.557. The quantitative estimate of drug-likeness (QED) is 0.583. The summed E-state index contributed by atoms with van der Waals surface area (Å²) in [4.78, 5) is 12.7. The fourth-order valence-corrected chi connectivity index (χ4v) is 2.43. The van der Waals surface area contributed by atoms with Crippen LogP contribution in [0.5, 0.6) is 0 Å². The van der Waals surface area contributed by atoms with Crippen molar-refractivity contribution in [2.75, 3.05) is 5.73 Å². The topological polar surface area (TPSA) is 77.8 Å². The second kappa shape index (κ2) is 4.89. The van der Waals surface area contributed by atoms with E-state index in [0.29, 0.717) is 16.5 Å². The molecule has 0 amide bonds. The number of nitrogens with two attached hydrogens (primary N) is 1. The predicted octanol–water partition coefficient (Wildman–Crippen LogP) is 2.91. The van der Waals surface area contributed by atoms with Crippen molar-refractivity contribution in [3.63, 3.8) is 0 Å². The molecule has 2 N–H and O–H groups in total. The van der Waals surface area contributed by atoms with E-state index in [1.807, 2.05) is 12.1 Å². The molecule has 2 aromatic heterocycles. The Kier molecular flexibility index (Phi) is 3.08. The third kappa shape index (κ3) is 2.53. The molecule has 3 rings (SSSR count). The Hall–Kier alpha value is -2.08. The largest absolute Gasteiger partial charge is 0.431 e. The molecule has 2 heterocycles. The minimum Gasteiger partial charge on any atom is -0.431 e. The summed E-state index contributed by atoms with van der Waals surface area (Å²) >= 11 is 1.38. The lowest BCUT2D eigenvalue weighted by molar-refractivity contribution is 0.489. The lowest BCUT2D eigenvalue weighted by Crippen LogP contribution is -1.89. The number of nitrogen functional groups attached to an aromatic ring is 1. The van der Waals surface area contributed by atoms with Gasteiger partial charge in [0.25, 0.3) is 5.22 Å². The van der Waals surface area contributed by atoms with Crippen LogP contribution >= 0.6 is 11.8 Å². The molecule has 1 aromatic carbocycles. The van der Waals surface area contributed by atoms with E-state index in [9.17, 15) is 0 Å². The van der Waals surface area contributed by atoms with E-state index >= 15 is 0 Å². The van der Waals surface area contributed by atoms with Gasteiger partial charge >= 0.3 is 0 Å². The van der Waals surface area contributed by atoms with Crippen LogP contribution in [0.3, 0.4) is 0 Å². The van der Waals surface area contributed by atoms with Gasteiger partial charge < -0.3 is 10.2 Å². The molecule has 0 bridgehead atoms. The molecule has 0 fully saturated rings. The fraction of sp³-hybridized carbons (Fsp3) is 0.154. The molecular formula is C13H12N4OS. The summed E-state index contributed by atoms with van der Waals surface area (Å²) in [6.07, 6.45) is 2.43. The van der Waals surface area contributed by atoms with Gasteiger partial charge in [0.15, 0.2) is 5.58 Å². The van der Waals surface area contributed by atoms with Crippen molar-refractivity contribution in [2.45, 2.75) is 23.6 Å². The summed E-state index contributed by atoms with van der Waals surface area (Å²) in [7, 11) is 0. The molecule has 0 aliphatic carbocycles. The Morgan fingerprint density at radius 1 is 1.26 bits per heavy atom. The Labute approximate surface area is 114 Å². The zero-order valence-electron chi connectivity index (χ0n) is 10.3. The highest BCUT2D eigenvalue weighted by Gasteiger charge is 2.09. The first-order valence-corrected chi connectivity index (χ1v) is 6.71. The SMILES string of the molecule is CCc1cc(Sc2nc3ccc(N)cc3o2)ncn1. The molecule has 3 aromatic rings. The van der Waals surface area contributed by atoms with Crippen LogP contribution in [0.2, 0.25) is 0 Å². The summed E-state index contributed by atoms with van der Waals surface area (Å²) in [5, 5.41) is 1.38. The Morgan fingerprint density at radius 2 is 2.16 bits per heavy atom. The van der Waals surface area contributed by atoms with Crippen LogP contribution in [-0.4, -0.2) is 15.0 Å². The Morgan fingerprint density at radius 3 is 3.00 bits per heavy atom. The second-order valence-corrected chi connectivity index (χ2v) is 4.98. The van der Waals surface area contributed by atoms with E-state index in [4.69, 9.17) is 10.2 Å². The Balaban J connectivity index is 1.92. The molecule has 0 saturated carbocycles. The molecule has 19 heavy (non-hydrogen) atoms. The number of fused-ring (bicyclic) bond motifs is 1. The van der Waals surface area contributed by atoms with Gasteiger partial charge in [0.05, 0.1) is 0 Å². The van der Waals surface area contributed by atoms with Gasteiger partial charge in [0, 0.05) is 17.4 Å². The smallest absolute Gasteiger partial charge is 0.263 e. The maximum Gasteiger partial charge on any atom is 0.263 e. The van der Waals surface area contributed by atoms with Gasteiger partial charge in [-0.1, -0.05) is 6.92 Å². The number of benzene rings is 1. The highest BCUT2D eigenvalue weighted by atomic mass is 32.2. The van der Waals surface area contributed by atoms with Crippen molar-refractivity contribution < 1.29 is 4.42 Å². The first-order valence-electron chi connectivity index (χ1n) is 5.89. The number of aryl methyl sites for hydroxylation is 1. The minimum atomic E-state index is 0.557. The molecule has 0 atom stereocenters. The van der Waals surface area contributed by atoms with Crippen LogP contribution in [0, 0.1) is 0 Å². The van der Waals surface area contributed by atoms with Crippen LogP contribution in [0.1, 0.15) is 12.6 Å². The number of oxazole rings is 1. The standard InChI is InChI=1S/C13H12N4OS/c1-2-9-6-12(16-7-15-9)19-13-17-10-4-3-8(14)5-11(10)18-13/h3-7H,2,14H2,1H3. The van der Waals surface area contributed by atoms with Gasteiger partial charge in [0.2, 0.25) is 0 Å². The maximum atomic E-state index is 5.71. The molecule has 0 saturated heterocycles. The first-order chi connectivity index (χ1) is 9.24. The number of rotatable bonds is 3. The summed E-state index contributed by atoms with van der Waals surface area (Å²) < 4.78 is 5.64. The van der Waals surface area contributed by atoms with Gasteiger partial charge in [-0.15, -0.1) is 0 Å². The van der Waals surface area contributed by atoms with Crippen LogP contribution in [0.15, 0.2) is 45.3 Å². The van der Waals surface area contributed by atoms with Crippen molar-refractivity contribution in [1.29, 1.82) is 0 Å². The molecule has 0 aliphatic rings. The van der Waals surface area contributed by atoms with E-state index in [0.717, 1.165) is 22.7 Å². The van der Waals surface area contributed by atoms with Crippen LogP contribution in [-0.2, 0) is 6.42 Å². The maximum absolute atomic E-state index is 5.71. The van der Waals surface area contributed by atoms with E-state index < -0.39 is 0 Å². The van der Waals surface area contributed by atoms with Gasteiger partial charge in [-0.2, -0.15) is 0 Å². The molecule has 96 valence electrons. The van der Waals surface area contributed by atoms with Crippen molar-refractivity contribution >= 4 is 28.5 Å². The number of anilines is 1. The third-order valence-electron chi connectivity index (χ3n) is 2.65. The van der Waals surface area contributed by atoms with Gasteiger partial charge in [-0.3, -0.25) is 0 Å². The zero-order chi connectivity index (χ0) is 13.2. The summed E-state index contributed by atoms with van der Waals surface area (Å²) in [5.41, 5.74) is 8.85. The number of hydrogen-bond donors (Lipinski definition) is 1. The number of nitrogens with zero attached hydrogens (tertiary/aromatic N) is 3. The predicted molar refractivity (Wildman–Crippen MR) is 74.0 cm³/mol. The average Bonchev–Trinajstić information content (AvgIpc) is 2.80. The van der Waals surface area contributed by atoms with Crippen molar-refractivity contribution in [1.82, 2.24) is 15.0 Å². The lowest BCUT2D eigenvalue weighted by Gasteiger charge is -1.98. The normalized spacial score (nSPS) is 11.0. The molecule has 0 aliphatic heterocycles. The highest BCUT2D eigenvalue weighted by Crippen LogP contribution is 2.29. The third-order valence-corrected chi connectivity index (χ3v) is 3.43. The van der Waals surface area contributed by atoms with Crippen LogP contribution in [0.25, 0.3) is 11.1 Å². The van der Waals surface area contributed by atoms with Gasteiger partial charge in [0.1, 0.15) is 16.9 Å². The molecule has 6 heteroatoms. The molecule has 5 nitrogen and oxygen atoms in total. The number of hydrogen-bond acceptors (Lipinski definition) is 6. The van der Waals surface area contributed by atoms with Crippen LogP contribution < -0.4 is 5.73 Å². The van der Waals surface area contributed by atoms with Crippen molar-refractivity contribution in [3.05, 3.63) is 36.3 Å². The Bertz CT molecular complexity index is 725. The molecule has 0 spiro atoms. The number of aromatic nitrogens is 3. The van der Waals surface area contributed by atoms with E-state index in [2.05, 4.69) is 21.9 Å². The van der Waals surface area contributed by atoms with Crippen molar-refractivity contribution in [2.24, 2.45) is 0 Å². The highest BCUT2D eigenvalue weighted by molar-refractivity contribution is 7.99. The second-order valence-electron chi connectivity index (χ2n) is 4.01. The van der Waals surface area contributed by atoms with Crippen LogP contribution in [0.4, 0.5) is 5.69 Å². The summed E-state index contributed by atoms with van der Waals surface area (Å²) in [6, 6.07) is 7.35. The molecular weight excluding hydrogens is 260 g/mol. The van der Waals surface area contributed by atoms with Crippen molar-refractivity contribution in [3.8, 4) is 0 Å². The first kappa shape index (κ1) is 12.0. The van der Waals surface area contributed by atoms with E-state index in [1.54, 1.807) is 18.5 Å². The van der Waals surface area contributed by atoms with Gasteiger partial charge in [-0.05, 0) is 36.4 Å². The fourth-order valence-electron chi connectivity index (χ4n) is 1.68. The summed E-state index contributed by atoms with van der Waals surface area (Å²) in [5.74, 6) is 0. The average molecular weight is 272 g/mol. The van der Waals surface area contributed by atoms with Gasteiger partial charge in [-0.25, -0.2) is 15.0 Å². The van der Waals surface area contributed by atoms with E-state index in [1.165, 1.54) is 11.8 Å². The molecule has 0 unspecified atom stereocenters. The summed E-state index contributed by atoms with van der Waals surface area (Å²) in [6.45, 7) is 2.05. The monoisotopic (exact) mass is 272 g/mol. The lowest BCUT2D eigenvalue weighted by atomic mass is 10.3. The molecule has 0 radical (unpaired) electrons. The zero-order valence-corrected chi connectivity index (χ0v) is 11.1.